The first-order valence-electron chi connectivity index (χ1n) is 8.94. The van der Waals surface area contributed by atoms with Crippen molar-refractivity contribution >= 4 is 23.2 Å². The topological polar surface area (TPSA) is 65.5 Å². The predicted molar refractivity (Wildman–Crippen MR) is 101 cm³/mol. The molecule has 1 aliphatic heterocycles. The SMILES string of the molecule is CCc1ccccc1Nc1ccc(C(=O)N2CCN(C(C)=O)CC2)nc1. The van der Waals surface area contributed by atoms with Gasteiger partial charge in [-0.1, -0.05) is 25.1 Å². The van der Waals surface area contributed by atoms with Gasteiger partial charge >= 0.3 is 0 Å². The smallest absolute Gasteiger partial charge is 0.272 e. The van der Waals surface area contributed by atoms with Crippen molar-refractivity contribution in [3.63, 3.8) is 0 Å². The van der Waals surface area contributed by atoms with Gasteiger partial charge in [0.15, 0.2) is 0 Å². The molecule has 0 unspecified atom stereocenters. The van der Waals surface area contributed by atoms with E-state index in [4.69, 9.17) is 0 Å². The maximum Gasteiger partial charge on any atom is 0.272 e. The van der Waals surface area contributed by atoms with Crippen LogP contribution in [0, 0.1) is 0 Å². The third kappa shape index (κ3) is 4.02. The molecule has 1 aromatic heterocycles. The van der Waals surface area contributed by atoms with E-state index < -0.39 is 0 Å². The summed E-state index contributed by atoms with van der Waals surface area (Å²) in [5.74, 6) is -0.0354. The number of carbonyl (C=O) groups excluding carboxylic acids is 2. The number of carbonyl (C=O) groups is 2. The summed E-state index contributed by atoms with van der Waals surface area (Å²) in [6, 6.07) is 11.8. The molecule has 0 spiro atoms. The Balaban J connectivity index is 1.64. The number of piperazine rings is 1. The predicted octanol–water partition coefficient (Wildman–Crippen LogP) is 2.69. The second kappa shape index (κ2) is 7.99. The van der Waals surface area contributed by atoms with Gasteiger partial charge < -0.3 is 15.1 Å². The lowest BCUT2D eigenvalue weighted by Gasteiger charge is -2.34. The van der Waals surface area contributed by atoms with Gasteiger partial charge in [0.1, 0.15) is 5.69 Å². The van der Waals surface area contributed by atoms with Gasteiger partial charge in [0, 0.05) is 38.8 Å². The average molecular weight is 352 g/mol. The maximum absolute atomic E-state index is 12.6. The number of anilines is 2. The van der Waals surface area contributed by atoms with Crippen LogP contribution in [0.3, 0.4) is 0 Å². The number of benzene rings is 1. The number of amides is 2. The molecule has 0 bridgehead atoms. The summed E-state index contributed by atoms with van der Waals surface area (Å²) in [5.41, 5.74) is 3.56. The number of aryl methyl sites for hydroxylation is 1. The summed E-state index contributed by atoms with van der Waals surface area (Å²) >= 11 is 0. The first kappa shape index (κ1) is 17.9. The number of aromatic nitrogens is 1. The van der Waals surface area contributed by atoms with Crippen molar-refractivity contribution in [1.82, 2.24) is 14.8 Å². The van der Waals surface area contributed by atoms with Crippen LogP contribution < -0.4 is 5.32 Å². The highest BCUT2D eigenvalue weighted by molar-refractivity contribution is 5.92. The van der Waals surface area contributed by atoms with Crippen LogP contribution in [0.4, 0.5) is 11.4 Å². The molecule has 2 aromatic rings. The number of nitrogens with zero attached hydrogens (tertiary/aromatic N) is 3. The zero-order valence-electron chi connectivity index (χ0n) is 15.2. The van der Waals surface area contributed by atoms with Gasteiger partial charge in [0.25, 0.3) is 5.91 Å². The average Bonchev–Trinajstić information content (AvgIpc) is 2.68. The number of para-hydroxylation sites is 1. The van der Waals surface area contributed by atoms with E-state index in [2.05, 4.69) is 23.3 Å². The van der Waals surface area contributed by atoms with Crippen molar-refractivity contribution in [2.45, 2.75) is 20.3 Å². The number of pyridine rings is 1. The molecule has 2 amide bonds. The fraction of sp³-hybridized carbons (Fsp3) is 0.350. The standard InChI is InChI=1S/C20H24N4O2/c1-3-16-6-4-5-7-18(16)22-17-8-9-19(21-14-17)20(26)24-12-10-23(11-13-24)15(2)25/h4-9,14,22H,3,10-13H2,1-2H3. The fourth-order valence-electron chi connectivity index (χ4n) is 3.09. The van der Waals surface area contributed by atoms with E-state index in [9.17, 15) is 9.59 Å². The molecular weight excluding hydrogens is 328 g/mol. The Bertz CT molecular complexity index is 781. The van der Waals surface area contributed by atoms with Crippen LogP contribution in [0.5, 0.6) is 0 Å². The molecule has 6 heteroatoms. The molecule has 6 nitrogen and oxygen atoms in total. The monoisotopic (exact) mass is 352 g/mol. The van der Waals surface area contributed by atoms with Crippen LogP contribution in [-0.4, -0.2) is 52.8 Å². The van der Waals surface area contributed by atoms with Gasteiger partial charge in [-0.25, -0.2) is 4.98 Å². The molecule has 0 radical (unpaired) electrons. The summed E-state index contributed by atoms with van der Waals surface area (Å²) < 4.78 is 0. The van der Waals surface area contributed by atoms with Gasteiger partial charge in [-0.05, 0) is 30.2 Å². The summed E-state index contributed by atoms with van der Waals surface area (Å²) in [6.45, 7) is 5.92. The van der Waals surface area contributed by atoms with Crippen LogP contribution in [0.15, 0.2) is 42.6 Å². The van der Waals surface area contributed by atoms with Gasteiger partial charge in [0.2, 0.25) is 5.91 Å². The summed E-state index contributed by atoms with van der Waals surface area (Å²) in [6.07, 6.45) is 2.63. The highest BCUT2D eigenvalue weighted by Gasteiger charge is 2.23. The van der Waals surface area contributed by atoms with E-state index in [-0.39, 0.29) is 11.8 Å². The largest absolute Gasteiger partial charge is 0.354 e. The third-order valence-electron chi connectivity index (χ3n) is 4.67. The van der Waals surface area contributed by atoms with E-state index in [1.54, 1.807) is 29.0 Å². The second-order valence-electron chi connectivity index (χ2n) is 6.37. The molecular formula is C20H24N4O2. The Hall–Kier alpha value is -2.89. The Morgan fingerprint density at radius 1 is 1.04 bits per heavy atom. The molecule has 1 saturated heterocycles. The minimum absolute atomic E-state index is 0.0537. The van der Waals surface area contributed by atoms with Crippen molar-refractivity contribution in [2.24, 2.45) is 0 Å². The Kier molecular flexibility index (Phi) is 5.51. The Morgan fingerprint density at radius 3 is 2.35 bits per heavy atom. The molecule has 1 fully saturated rings. The molecule has 0 saturated carbocycles. The highest BCUT2D eigenvalue weighted by Crippen LogP contribution is 2.21. The van der Waals surface area contributed by atoms with Crippen LogP contribution in [0.2, 0.25) is 0 Å². The van der Waals surface area contributed by atoms with E-state index in [0.717, 1.165) is 17.8 Å². The van der Waals surface area contributed by atoms with Crippen molar-refractivity contribution in [1.29, 1.82) is 0 Å². The zero-order valence-corrected chi connectivity index (χ0v) is 15.2. The number of hydrogen-bond acceptors (Lipinski definition) is 4. The maximum atomic E-state index is 12.6. The molecule has 0 aliphatic carbocycles. The van der Waals surface area contributed by atoms with E-state index in [1.807, 2.05) is 24.3 Å². The van der Waals surface area contributed by atoms with Gasteiger partial charge in [-0.2, -0.15) is 0 Å². The molecule has 1 aromatic carbocycles. The normalized spacial score (nSPS) is 14.2. The third-order valence-corrected chi connectivity index (χ3v) is 4.67. The first-order chi connectivity index (χ1) is 12.6. The highest BCUT2D eigenvalue weighted by atomic mass is 16.2. The lowest BCUT2D eigenvalue weighted by atomic mass is 10.1. The van der Waals surface area contributed by atoms with Crippen molar-refractivity contribution < 1.29 is 9.59 Å². The van der Waals surface area contributed by atoms with Crippen molar-refractivity contribution in [3.05, 3.63) is 53.9 Å². The number of hydrogen-bond donors (Lipinski definition) is 1. The minimum Gasteiger partial charge on any atom is -0.354 e. The molecule has 1 aliphatic rings. The van der Waals surface area contributed by atoms with Crippen LogP contribution in [0.1, 0.15) is 29.9 Å². The lowest BCUT2D eigenvalue weighted by molar-refractivity contribution is -0.130. The molecule has 0 atom stereocenters. The number of rotatable bonds is 4. The number of nitrogens with one attached hydrogen (secondary N) is 1. The van der Waals surface area contributed by atoms with Gasteiger partial charge in [-0.3, -0.25) is 9.59 Å². The lowest BCUT2D eigenvalue weighted by Crippen LogP contribution is -2.50. The molecule has 3 rings (SSSR count). The Morgan fingerprint density at radius 2 is 1.73 bits per heavy atom. The summed E-state index contributed by atoms with van der Waals surface area (Å²) in [4.78, 5) is 31.8. The Labute approximate surface area is 153 Å². The summed E-state index contributed by atoms with van der Waals surface area (Å²) in [5, 5.41) is 3.36. The summed E-state index contributed by atoms with van der Waals surface area (Å²) in [7, 11) is 0. The molecule has 136 valence electrons. The van der Waals surface area contributed by atoms with Crippen molar-refractivity contribution in [2.75, 3.05) is 31.5 Å². The zero-order chi connectivity index (χ0) is 18.5. The molecule has 26 heavy (non-hydrogen) atoms. The van der Waals surface area contributed by atoms with E-state index in [1.165, 1.54) is 5.56 Å². The van der Waals surface area contributed by atoms with Gasteiger partial charge in [0.05, 0.1) is 11.9 Å². The molecule has 1 N–H and O–H groups in total. The first-order valence-corrected chi connectivity index (χ1v) is 8.94. The second-order valence-corrected chi connectivity index (χ2v) is 6.37. The van der Waals surface area contributed by atoms with Gasteiger partial charge in [-0.15, -0.1) is 0 Å². The van der Waals surface area contributed by atoms with E-state index >= 15 is 0 Å². The van der Waals surface area contributed by atoms with Crippen LogP contribution in [0.25, 0.3) is 0 Å². The van der Waals surface area contributed by atoms with E-state index in [0.29, 0.717) is 31.9 Å². The minimum atomic E-state index is -0.0892. The van der Waals surface area contributed by atoms with Crippen LogP contribution in [-0.2, 0) is 11.2 Å². The van der Waals surface area contributed by atoms with Crippen molar-refractivity contribution in [3.8, 4) is 0 Å². The molecule has 2 heterocycles. The quantitative estimate of drug-likeness (QED) is 0.919. The fourth-order valence-corrected chi connectivity index (χ4v) is 3.09. The van der Waals surface area contributed by atoms with Crippen LogP contribution >= 0.6 is 0 Å².